The molecule has 0 bridgehead atoms. The predicted molar refractivity (Wildman–Crippen MR) is 165 cm³/mol. The van der Waals surface area contributed by atoms with Gasteiger partial charge >= 0.3 is 6.61 Å². The summed E-state index contributed by atoms with van der Waals surface area (Å²) in [5, 5.41) is 5.30. The number of halogens is 2. The molecule has 1 fully saturated rings. The van der Waals surface area contributed by atoms with Crippen LogP contribution in [-0.2, 0) is 9.84 Å². The maximum atomic E-state index is 13.2. The lowest BCUT2D eigenvalue weighted by molar-refractivity contribution is -0.0497. The molecule has 43 heavy (non-hydrogen) atoms. The Bertz CT molecular complexity index is 1500. The number of hydrogen-bond acceptors (Lipinski definition) is 10. The van der Waals surface area contributed by atoms with E-state index in [2.05, 4.69) is 49.2 Å². The molecule has 0 amide bonds. The number of nitrogens with zero attached hydrogens (tertiary/aromatic N) is 4. The number of aromatic nitrogens is 2. The van der Waals surface area contributed by atoms with Crippen molar-refractivity contribution >= 4 is 38.7 Å². The Morgan fingerprint density at radius 3 is 2.28 bits per heavy atom. The fourth-order valence-electron chi connectivity index (χ4n) is 4.83. The average Bonchev–Trinajstić information content (AvgIpc) is 2.95. The van der Waals surface area contributed by atoms with Crippen LogP contribution in [-0.4, -0.2) is 74.5 Å². The van der Waals surface area contributed by atoms with E-state index in [4.69, 9.17) is 4.74 Å². The van der Waals surface area contributed by atoms with Crippen molar-refractivity contribution in [3.63, 3.8) is 0 Å². The zero-order valence-corrected chi connectivity index (χ0v) is 26.2. The van der Waals surface area contributed by atoms with Crippen LogP contribution in [0.2, 0.25) is 0 Å². The van der Waals surface area contributed by atoms with Crippen molar-refractivity contribution in [2.45, 2.75) is 69.4 Å². The van der Waals surface area contributed by atoms with Crippen molar-refractivity contribution in [2.75, 3.05) is 42.7 Å². The molecule has 4 rings (SSSR count). The molecule has 10 nitrogen and oxygen atoms in total. The van der Waals surface area contributed by atoms with Crippen molar-refractivity contribution in [3.8, 4) is 11.5 Å². The number of nitrogens with one attached hydrogen (secondary N) is 2. The molecule has 1 aliphatic heterocycles. The first-order chi connectivity index (χ1) is 20.3. The lowest BCUT2D eigenvalue weighted by Crippen LogP contribution is -2.42. The molecule has 2 N–H and O–H groups in total. The van der Waals surface area contributed by atoms with Gasteiger partial charge in [0, 0.05) is 30.9 Å². The number of benzene rings is 2. The first-order valence-electron chi connectivity index (χ1n) is 14.3. The van der Waals surface area contributed by atoms with Gasteiger partial charge in [-0.05, 0) is 78.9 Å². The zero-order chi connectivity index (χ0) is 31.3. The number of hydrogen-bond donors (Lipinski definition) is 2. The molecule has 0 unspecified atom stereocenters. The maximum absolute atomic E-state index is 13.2. The van der Waals surface area contributed by atoms with Crippen molar-refractivity contribution in [2.24, 2.45) is 0 Å². The van der Waals surface area contributed by atoms with E-state index in [1.54, 1.807) is 26.0 Å². The Kier molecular flexibility index (Phi) is 10.3. The highest BCUT2D eigenvalue weighted by atomic mass is 32.2. The van der Waals surface area contributed by atoms with Crippen LogP contribution in [0.25, 0.3) is 0 Å². The summed E-state index contributed by atoms with van der Waals surface area (Å²) in [6.45, 7) is 5.70. The van der Waals surface area contributed by atoms with Crippen LogP contribution < -0.4 is 25.0 Å². The van der Waals surface area contributed by atoms with E-state index in [1.165, 1.54) is 12.1 Å². The molecule has 1 aromatic heterocycles. The number of piperidine rings is 1. The fourth-order valence-corrected chi connectivity index (χ4v) is 6.03. The fraction of sp³-hybridized carbons (Fsp3) is 0.467. The van der Waals surface area contributed by atoms with Crippen LogP contribution in [0.15, 0.2) is 53.6 Å². The second-order valence-electron chi connectivity index (χ2n) is 11.2. The highest BCUT2D eigenvalue weighted by Crippen LogP contribution is 2.36. The quantitative estimate of drug-likeness (QED) is 0.248. The summed E-state index contributed by atoms with van der Waals surface area (Å²) in [5.74, 6) is 0.187. The van der Waals surface area contributed by atoms with Gasteiger partial charge in [-0.3, -0.25) is 0 Å². The molecule has 3 aromatic rings. The van der Waals surface area contributed by atoms with Gasteiger partial charge in [-0.15, -0.1) is 0 Å². The molecule has 0 radical (unpaired) electrons. The van der Waals surface area contributed by atoms with Crippen molar-refractivity contribution in [3.05, 3.63) is 48.7 Å². The number of sulfone groups is 1. The molecule has 2 heterocycles. The molecule has 0 atom stereocenters. The zero-order valence-electron chi connectivity index (χ0n) is 25.3. The smallest absolute Gasteiger partial charge is 0.387 e. The van der Waals surface area contributed by atoms with Crippen LogP contribution in [0.3, 0.4) is 0 Å². The van der Waals surface area contributed by atoms with Crippen LogP contribution in [0.4, 0.5) is 37.6 Å². The van der Waals surface area contributed by atoms with Gasteiger partial charge in [-0.25, -0.2) is 13.4 Å². The molecular formula is C30H40F2N6O4S. The van der Waals surface area contributed by atoms with Gasteiger partial charge in [-0.1, -0.05) is 12.1 Å². The van der Waals surface area contributed by atoms with Gasteiger partial charge in [0.25, 0.3) is 0 Å². The minimum atomic E-state index is -3.69. The van der Waals surface area contributed by atoms with Crippen molar-refractivity contribution in [1.82, 2.24) is 14.9 Å². The van der Waals surface area contributed by atoms with Gasteiger partial charge in [-0.2, -0.15) is 13.8 Å². The normalized spacial score (nSPS) is 14.6. The van der Waals surface area contributed by atoms with Gasteiger partial charge < -0.3 is 29.9 Å². The maximum Gasteiger partial charge on any atom is 0.387 e. The third kappa shape index (κ3) is 8.02. The number of ether oxygens (including phenoxy) is 2. The predicted octanol–water partition coefficient (Wildman–Crippen LogP) is 6.06. The monoisotopic (exact) mass is 618 g/mol. The molecule has 0 aliphatic carbocycles. The van der Waals surface area contributed by atoms with Crippen molar-refractivity contribution < 1.29 is 26.7 Å². The summed E-state index contributed by atoms with van der Waals surface area (Å²) < 4.78 is 63.2. The second kappa shape index (κ2) is 13.7. The van der Waals surface area contributed by atoms with E-state index in [-0.39, 0.29) is 34.2 Å². The number of alkyl halides is 2. The molecule has 0 saturated carbocycles. The molecular weight excluding hydrogens is 578 g/mol. The van der Waals surface area contributed by atoms with E-state index in [9.17, 15) is 17.2 Å². The molecule has 2 aromatic carbocycles. The highest BCUT2D eigenvalue weighted by Gasteiger charge is 2.25. The molecule has 1 saturated heterocycles. The molecule has 0 spiro atoms. The van der Waals surface area contributed by atoms with Crippen LogP contribution in [0.5, 0.6) is 11.5 Å². The summed E-state index contributed by atoms with van der Waals surface area (Å²) >= 11 is 0. The minimum absolute atomic E-state index is 0.0129. The molecule has 13 heteroatoms. The standard InChI is InChI=1S/C30H40F2N6O4S/c1-19(2)41-25-17-22(38-15-13-21(14-16-38)37(5)6)11-12-23(25)35-30-33-18-26(42-29(31)32)28(36-30)34-24-9-7-8-10-27(24)43(39,40)20(3)4/h7-12,17-21,29H,13-16H2,1-6H3,(H2,33,34,35,36). The van der Waals surface area contributed by atoms with Gasteiger partial charge in [0.2, 0.25) is 5.95 Å². The summed E-state index contributed by atoms with van der Waals surface area (Å²) in [6, 6.07) is 12.6. The van der Waals surface area contributed by atoms with E-state index in [0.29, 0.717) is 17.5 Å². The topological polar surface area (TPSA) is 109 Å². The van der Waals surface area contributed by atoms with Crippen molar-refractivity contribution in [1.29, 1.82) is 0 Å². The number of rotatable bonds is 12. The largest absolute Gasteiger partial charge is 0.489 e. The Morgan fingerprint density at radius 2 is 1.65 bits per heavy atom. The summed E-state index contributed by atoms with van der Waals surface area (Å²) in [5.41, 5.74) is 1.79. The average molecular weight is 619 g/mol. The highest BCUT2D eigenvalue weighted by molar-refractivity contribution is 7.92. The second-order valence-corrected chi connectivity index (χ2v) is 13.6. The SMILES string of the molecule is CC(C)Oc1cc(N2CCC(N(C)C)CC2)ccc1Nc1ncc(OC(F)F)c(Nc2ccccc2S(=O)(=O)C(C)C)n1. The lowest BCUT2D eigenvalue weighted by atomic mass is 10.0. The summed E-state index contributed by atoms with van der Waals surface area (Å²) in [7, 11) is 0.522. The summed E-state index contributed by atoms with van der Waals surface area (Å²) in [4.78, 5) is 13.2. The third-order valence-electron chi connectivity index (χ3n) is 7.17. The Hall–Kier alpha value is -3.71. The lowest BCUT2D eigenvalue weighted by Gasteiger charge is -2.36. The van der Waals surface area contributed by atoms with E-state index >= 15 is 0 Å². The van der Waals surface area contributed by atoms with E-state index in [1.807, 2.05) is 32.0 Å². The third-order valence-corrected chi connectivity index (χ3v) is 9.38. The van der Waals surface area contributed by atoms with Crippen LogP contribution in [0, 0.1) is 0 Å². The number of anilines is 5. The molecule has 1 aliphatic rings. The van der Waals surface area contributed by atoms with Gasteiger partial charge in [0.05, 0.1) is 33.8 Å². The van der Waals surface area contributed by atoms with Gasteiger partial charge in [0.15, 0.2) is 21.4 Å². The van der Waals surface area contributed by atoms with Crippen LogP contribution in [0.1, 0.15) is 40.5 Å². The Labute approximate surface area is 252 Å². The summed E-state index contributed by atoms with van der Waals surface area (Å²) in [6.07, 6.45) is 3.11. The molecule has 234 valence electrons. The van der Waals surface area contributed by atoms with E-state index < -0.39 is 21.7 Å². The van der Waals surface area contributed by atoms with E-state index in [0.717, 1.165) is 37.8 Å². The first kappa shape index (κ1) is 32.2. The first-order valence-corrected chi connectivity index (χ1v) is 15.8. The minimum Gasteiger partial charge on any atom is -0.489 e. The van der Waals surface area contributed by atoms with Gasteiger partial charge in [0.1, 0.15) is 5.75 Å². The Balaban J connectivity index is 1.65. The Morgan fingerprint density at radius 1 is 0.953 bits per heavy atom. The van der Waals surface area contributed by atoms with Crippen LogP contribution >= 0.6 is 0 Å². The number of para-hydroxylation sites is 1.